The highest BCUT2D eigenvalue weighted by Gasteiger charge is 2.09. The van der Waals surface area contributed by atoms with Crippen LogP contribution < -0.4 is 16.7 Å². The van der Waals surface area contributed by atoms with E-state index in [1.54, 1.807) is 30.3 Å². The van der Waals surface area contributed by atoms with E-state index >= 15 is 0 Å². The van der Waals surface area contributed by atoms with E-state index in [0.717, 1.165) is 0 Å². The smallest absolute Gasteiger partial charge is 0.347 e. The average Bonchev–Trinajstić information content (AvgIpc) is 2.41. The molecule has 2 rings (SSSR count). The third kappa shape index (κ3) is 3.27. The maximum absolute atomic E-state index is 11.9. The highest BCUT2D eigenvalue weighted by Crippen LogP contribution is 2.14. The van der Waals surface area contributed by atoms with Gasteiger partial charge in [0.15, 0.2) is 0 Å². The number of rotatable bonds is 4. The zero-order chi connectivity index (χ0) is 14.5. The van der Waals surface area contributed by atoms with Gasteiger partial charge in [0.1, 0.15) is 11.5 Å². The second-order valence-electron chi connectivity index (χ2n) is 3.99. The first-order chi connectivity index (χ1) is 9.58. The van der Waals surface area contributed by atoms with Gasteiger partial charge in [0.05, 0.1) is 5.69 Å². The van der Waals surface area contributed by atoms with Crippen molar-refractivity contribution < 1.29 is 4.79 Å². The summed E-state index contributed by atoms with van der Waals surface area (Å²) < 4.78 is 1.21. The van der Waals surface area contributed by atoms with E-state index in [-0.39, 0.29) is 17.4 Å². The Labute approximate surface area is 120 Å². The maximum atomic E-state index is 11.9. The van der Waals surface area contributed by atoms with Gasteiger partial charge >= 0.3 is 5.69 Å². The minimum absolute atomic E-state index is 0.127. The Morgan fingerprint density at radius 1 is 1.35 bits per heavy atom. The third-order valence-corrected chi connectivity index (χ3v) is 2.78. The molecule has 0 unspecified atom stereocenters. The van der Waals surface area contributed by atoms with Crippen LogP contribution in [0.15, 0.2) is 47.5 Å². The van der Waals surface area contributed by atoms with Crippen molar-refractivity contribution in [2.75, 3.05) is 5.32 Å². The van der Waals surface area contributed by atoms with Crippen LogP contribution in [0.2, 0.25) is 0 Å². The van der Waals surface area contributed by atoms with E-state index in [4.69, 9.17) is 18.0 Å². The fourth-order valence-corrected chi connectivity index (χ4v) is 1.84. The van der Waals surface area contributed by atoms with Crippen molar-refractivity contribution in [2.24, 2.45) is 5.73 Å². The fourth-order valence-electron chi connectivity index (χ4n) is 1.66. The van der Waals surface area contributed by atoms with E-state index in [1.165, 1.54) is 17.0 Å². The molecule has 0 radical (unpaired) electrons. The quantitative estimate of drug-likeness (QED) is 0.800. The molecule has 0 spiro atoms. The Bertz CT molecular complexity index is 711. The van der Waals surface area contributed by atoms with Crippen LogP contribution in [0.3, 0.4) is 0 Å². The predicted octanol–water partition coefficient (Wildman–Crippen LogP) is 0.516. The number of nitrogens with zero attached hydrogens (tertiary/aromatic N) is 2. The first-order valence-corrected chi connectivity index (χ1v) is 6.19. The predicted molar refractivity (Wildman–Crippen MR) is 79.5 cm³/mol. The van der Waals surface area contributed by atoms with Crippen molar-refractivity contribution in [3.63, 3.8) is 0 Å². The summed E-state index contributed by atoms with van der Waals surface area (Å²) in [7, 11) is 0. The summed E-state index contributed by atoms with van der Waals surface area (Å²) >= 11 is 4.91. The Morgan fingerprint density at radius 3 is 2.80 bits per heavy atom. The van der Waals surface area contributed by atoms with Gasteiger partial charge in [-0.05, 0) is 18.2 Å². The number of aromatic nitrogens is 2. The van der Waals surface area contributed by atoms with Gasteiger partial charge in [-0.3, -0.25) is 9.36 Å². The zero-order valence-corrected chi connectivity index (χ0v) is 11.3. The summed E-state index contributed by atoms with van der Waals surface area (Å²) in [6.45, 7) is -0.127. The van der Waals surface area contributed by atoms with E-state index in [2.05, 4.69) is 10.3 Å². The lowest BCUT2D eigenvalue weighted by Gasteiger charge is -2.10. The molecule has 3 N–H and O–H groups in total. The van der Waals surface area contributed by atoms with Crippen LogP contribution in [-0.2, 0) is 11.3 Å². The fraction of sp³-hybridized carbons (Fsp3) is 0.0769. The molecule has 0 aliphatic carbocycles. The summed E-state index contributed by atoms with van der Waals surface area (Å²) in [6.07, 6.45) is 2.87. The zero-order valence-electron chi connectivity index (χ0n) is 10.4. The summed E-state index contributed by atoms with van der Waals surface area (Å²) in [6, 6.07) is 8.52. The van der Waals surface area contributed by atoms with Crippen LogP contribution in [0.5, 0.6) is 0 Å². The molecule has 0 aliphatic heterocycles. The van der Waals surface area contributed by atoms with Crippen LogP contribution >= 0.6 is 12.2 Å². The first kappa shape index (κ1) is 13.9. The normalized spacial score (nSPS) is 10.0. The van der Waals surface area contributed by atoms with Gasteiger partial charge in [-0.25, -0.2) is 9.78 Å². The summed E-state index contributed by atoms with van der Waals surface area (Å²) in [4.78, 5) is 27.1. The Balaban J connectivity index is 2.15. The van der Waals surface area contributed by atoms with Crippen molar-refractivity contribution in [2.45, 2.75) is 6.54 Å². The molecular formula is C13H12N4O2S. The van der Waals surface area contributed by atoms with E-state index < -0.39 is 5.69 Å². The standard InChI is InChI=1S/C13H12N4O2S/c14-12(20)9-4-1-2-5-10(9)16-11(18)8-17-7-3-6-15-13(17)19/h1-7H,8H2,(H2,14,20)(H,16,18). The summed E-state index contributed by atoms with van der Waals surface area (Å²) in [5.41, 5.74) is 6.19. The lowest BCUT2D eigenvalue weighted by atomic mass is 10.2. The van der Waals surface area contributed by atoms with Gasteiger partial charge in [-0.1, -0.05) is 24.4 Å². The van der Waals surface area contributed by atoms with E-state index in [0.29, 0.717) is 11.3 Å². The molecule has 0 fully saturated rings. The summed E-state index contributed by atoms with van der Waals surface area (Å²) in [5, 5.41) is 2.67. The topological polar surface area (TPSA) is 90.0 Å². The molecule has 7 heteroatoms. The number of hydrogen-bond donors (Lipinski definition) is 2. The molecule has 1 aromatic carbocycles. The molecule has 1 heterocycles. The number of nitrogens with two attached hydrogens (primary N) is 1. The van der Waals surface area contributed by atoms with Crippen molar-refractivity contribution in [3.8, 4) is 0 Å². The van der Waals surface area contributed by atoms with Gasteiger partial charge in [0, 0.05) is 18.0 Å². The van der Waals surface area contributed by atoms with Crippen LogP contribution in [0.4, 0.5) is 5.69 Å². The molecule has 0 saturated carbocycles. The molecule has 20 heavy (non-hydrogen) atoms. The number of anilines is 1. The Kier molecular flexibility index (Phi) is 4.21. The van der Waals surface area contributed by atoms with Gasteiger partial charge < -0.3 is 11.1 Å². The van der Waals surface area contributed by atoms with Crippen LogP contribution in [0, 0.1) is 0 Å². The minimum Gasteiger partial charge on any atom is -0.389 e. The molecule has 102 valence electrons. The van der Waals surface area contributed by atoms with Gasteiger partial charge in [-0.2, -0.15) is 0 Å². The monoisotopic (exact) mass is 288 g/mol. The minimum atomic E-state index is -0.481. The van der Waals surface area contributed by atoms with Crippen molar-refractivity contribution in [1.29, 1.82) is 0 Å². The number of thiocarbonyl (C=S) groups is 1. The Morgan fingerprint density at radius 2 is 2.10 bits per heavy atom. The molecule has 6 nitrogen and oxygen atoms in total. The van der Waals surface area contributed by atoms with Crippen molar-refractivity contribution >= 4 is 28.8 Å². The number of amides is 1. The van der Waals surface area contributed by atoms with E-state index in [1.807, 2.05) is 0 Å². The number of carbonyl (C=O) groups excluding carboxylic acids is 1. The van der Waals surface area contributed by atoms with Gasteiger partial charge in [0.25, 0.3) is 0 Å². The number of benzene rings is 1. The van der Waals surface area contributed by atoms with Crippen LogP contribution in [-0.4, -0.2) is 20.4 Å². The number of carbonyl (C=O) groups is 1. The lowest BCUT2D eigenvalue weighted by Crippen LogP contribution is -2.29. The molecule has 2 aromatic rings. The van der Waals surface area contributed by atoms with Crippen LogP contribution in [0.25, 0.3) is 0 Å². The van der Waals surface area contributed by atoms with Gasteiger partial charge in [-0.15, -0.1) is 0 Å². The molecule has 1 amide bonds. The Hall–Kier alpha value is -2.54. The number of hydrogen-bond acceptors (Lipinski definition) is 4. The molecule has 1 aromatic heterocycles. The SMILES string of the molecule is NC(=S)c1ccccc1NC(=O)Cn1cccnc1=O. The second-order valence-corrected chi connectivity index (χ2v) is 4.43. The molecule has 0 aliphatic rings. The van der Waals surface area contributed by atoms with Gasteiger partial charge in [0.2, 0.25) is 5.91 Å². The highest BCUT2D eigenvalue weighted by molar-refractivity contribution is 7.80. The van der Waals surface area contributed by atoms with E-state index in [9.17, 15) is 9.59 Å². The molecular weight excluding hydrogens is 276 g/mol. The van der Waals surface area contributed by atoms with Crippen molar-refractivity contribution in [1.82, 2.24) is 9.55 Å². The first-order valence-electron chi connectivity index (χ1n) is 5.78. The lowest BCUT2D eigenvalue weighted by molar-refractivity contribution is -0.116. The number of para-hydroxylation sites is 1. The molecule has 0 atom stereocenters. The number of nitrogens with one attached hydrogen (secondary N) is 1. The van der Waals surface area contributed by atoms with Crippen molar-refractivity contribution in [3.05, 3.63) is 58.8 Å². The molecule has 0 bridgehead atoms. The molecule has 0 saturated heterocycles. The summed E-state index contributed by atoms with van der Waals surface area (Å²) in [5.74, 6) is -0.358. The largest absolute Gasteiger partial charge is 0.389 e. The second kappa shape index (κ2) is 6.07. The maximum Gasteiger partial charge on any atom is 0.347 e. The highest BCUT2D eigenvalue weighted by atomic mass is 32.1. The third-order valence-electron chi connectivity index (χ3n) is 2.56. The van der Waals surface area contributed by atoms with Crippen LogP contribution in [0.1, 0.15) is 5.56 Å². The average molecular weight is 288 g/mol.